The lowest BCUT2D eigenvalue weighted by Gasteiger charge is -2.30. The second-order valence-corrected chi connectivity index (χ2v) is 7.32. The van der Waals surface area contributed by atoms with Crippen LogP contribution in [0.25, 0.3) is 0 Å². The van der Waals surface area contributed by atoms with Crippen molar-refractivity contribution in [3.63, 3.8) is 0 Å². The molecule has 1 unspecified atom stereocenters. The minimum atomic E-state index is 0.0793. The van der Waals surface area contributed by atoms with Crippen LogP contribution in [0.5, 0.6) is 0 Å². The molecule has 1 aliphatic rings. The van der Waals surface area contributed by atoms with Gasteiger partial charge in [0.25, 0.3) is 0 Å². The lowest BCUT2D eigenvalue weighted by molar-refractivity contribution is -0.135. The number of aliphatic hydroxyl groups excluding tert-OH is 1. The number of hydrogen-bond acceptors (Lipinski definition) is 2. The minimum absolute atomic E-state index is 0.0793. The van der Waals surface area contributed by atoms with E-state index in [0.29, 0.717) is 24.9 Å². The Labute approximate surface area is 118 Å². The fourth-order valence-electron chi connectivity index (χ4n) is 3.37. The maximum Gasteiger partial charge on any atom is 0.223 e. The highest BCUT2D eigenvalue weighted by molar-refractivity contribution is 5.76. The highest BCUT2D eigenvalue weighted by atomic mass is 16.3. The predicted molar refractivity (Wildman–Crippen MR) is 78.9 cm³/mol. The summed E-state index contributed by atoms with van der Waals surface area (Å²) in [6.07, 6.45) is 6.35. The second kappa shape index (κ2) is 7.28. The van der Waals surface area contributed by atoms with Crippen LogP contribution < -0.4 is 0 Å². The van der Waals surface area contributed by atoms with Crippen LogP contribution in [0, 0.1) is 11.3 Å². The van der Waals surface area contributed by atoms with Crippen LogP contribution in [-0.2, 0) is 4.79 Å². The van der Waals surface area contributed by atoms with Crippen molar-refractivity contribution in [1.82, 2.24) is 4.90 Å². The Balaban J connectivity index is 2.51. The van der Waals surface area contributed by atoms with Gasteiger partial charge in [-0.15, -0.1) is 0 Å². The smallest absolute Gasteiger partial charge is 0.223 e. The van der Waals surface area contributed by atoms with E-state index in [9.17, 15) is 9.90 Å². The van der Waals surface area contributed by atoms with Crippen molar-refractivity contribution in [3.05, 3.63) is 0 Å². The predicted octanol–water partition coefficient (Wildman–Crippen LogP) is 3.21. The summed E-state index contributed by atoms with van der Waals surface area (Å²) in [6.45, 7) is 9.40. The molecule has 1 rings (SSSR count). The van der Waals surface area contributed by atoms with Gasteiger partial charge in [0.1, 0.15) is 0 Å². The third-order valence-electron chi connectivity index (χ3n) is 3.91. The van der Waals surface area contributed by atoms with Crippen LogP contribution in [-0.4, -0.2) is 35.1 Å². The van der Waals surface area contributed by atoms with Crippen LogP contribution in [0.1, 0.15) is 66.2 Å². The molecule has 3 heteroatoms. The van der Waals surface area contributed by atoms with Gasteiger partial charge in [-0.2, -0.15) is 0 Å². The molecule has 1 N–H and O–H groups in total. The van der Waals surface area contributed by atoms with Crippen LogP contribution in [0.3, 0.4) is 0 Å². The van der Waals surface area contributed by atoms with E-state index < -0.39 is 0 Å². The normalized spacial score (nSPS) is 18.6. The first-order valence-electron chi connectivity index (χ1n) is 7.74. The van der Waals surface area contributed by atoms with Crippen molar-refractivity contribution in [2.45, 2.75) is 72.3 Å². The molecule has 112 valence electrons. The van der Waals surface area contributed by atoms with Crippen LogP contribution in [0.2, 0.25) is 0 Å². The first-order chi connectivity index (χ1) is 8.83. The lowest BCUT2D eigenvalue weighted by Crippen LogP contribution is -2.41. The Hall–Kier alpha value is -0.570. The van der Waals surface area contributed by atoms with Crippen molar-refractivity contribution in [3.8, 4) is 0 Å². The van der Waals surface area contributed by atoms with E-state index in [1.165, 1.54) is 12.8 Å². The van der Waals surface area contributed by atoms with Crippen LogP contribution >= 0.6 is 0 Å². The summed E-state index contributed by atoms with van der Waals surface area (Å²) in [5, 5.41) is 9.17. The summed E-state index contributed by atoms with van der Waals surface area (Å²) in [7, 11) is 0. The van der Waals surface area contributed by atoms with E-state index in [2.05, 4.69) is 27.7 Å². The summed E-state index contributed by atoms with van der Waals surface area (Å²) in [5.41, 5.74) is 0.273. The zero-order valence-electron chi connectivity index (χ0n) is 13.1. The largest absolute Gasteiger partial charge is 0.395 e. The van der Waals surface area contributed by atoms with Crippen LogP contribution in [0.4, 0.5) is 0 Å². The maximum atomic E-state index is 12.4. The van der Waals surface area contributed by atoms with Crippen molar-refractivity contribution < 1.29 is 9.90 Å². The Morgan fingerprint density at radius 1 is 1.32 bits per heavy atom. The van der Waals surface area contributed by atoms with Gasteiger partial charge < -0.3 is 10.0 Å². The third-order valence-corrected chi connectivity index (χ3v) is 3.91. The molecule has 0 saturated heterocycles. The molecular formula is C16H31NO2. The quantitative estimate of drug-likeness (QED) is 0.804. The van der Waals surface area contributed by atoms with Crippen LogP contribution in [0.15, 0.2) is 0 Å². The Kier molecular flexibility index (Phi) is 6.31. The summed E-state index contributed by atoms with van der Waals surface area (Å²) in [4.78, 5) is 14.4. The van der Waals surface area contributed by atoms with Gasteiger partial charge in [-0.1, -0.05) is 40.5 Å². The summed E-state index contributed by atoms with van der Waals surface area (Å²) >= 11 is 0. The fourth-order valence-corrected chi connectivity index (χ4v) is 3.37. The molecule has 0 radical (unpaired) electrons. The molecule has 1 atom stereocenters. The summed E-state index contributed by atoms with van der Waals surface area (Å²) < 4.78 is 0. The number of hydrogen-bond donors (Lipinski definition) is 1. The monoisotopic (exact) mass is 269 g/mol. The standard InChI is InChI=1S/C16H31NO2/c1-13(12-16(2,3)4)11-15(19)17(9-10-18)14-7-5-6-8-14/h13-14,18H,5-12H2,1-4H3. The molecule has 0 aromatic carbocycles. The molecule has 1 saturated carbocycles. The third kappa shape index (κ3) is 5.94. The Morgan fingerprint density at radius 2 is 1.89 bits per heavy atom. The highest BCUT2D eigenvalue weighted by Crippen LogP contribution is 2.28. The number of amides is 1. The van der Waals surface area contributed by atoms with Gasteiger partial charge in [-0.05, 0) is 30.6 Å². The van der Waals surface area contributed by atoms with E-state index >= 15 is 0 Å². The average molecular weight is 269 g/mol. The molecule has 3 nitrogen and oxygen atoms in total. The second-order valence-electron chi connectivity index (χ2n) is 7.32. The SMILES string of the molecule is CC(CC(=O)N(CCO)C1CCCC1)CC(C)(C)C. The van der Waals surface area contributed by atoms with Crippen molar-refractivity contribution in [1.29, 1.82) is 0 Å². The van der Waals surface area contributed by atoms with Gasteiger partial charge in [-0.3, -0.25) is 4.79 Å². The van der Waals surface area contributed by atoms with E-state index in [-0.39, 0.29) is 17.9 Å². The average Bonchev–Trinajstić information content (AvgIpc) is 2.75. The first-order valence-corrected chi connectivity index (χ1v) is 7.74. The molecule has 1 amide bonds. The molecule has 0 aromatic heterocycles. The zero-order valence-corrected chi connectivity index (χ0v) is 13.1. The van der Waals surface area contributed by atoms with Gasteiger partial charge >= 0.3 is 0 Å². The molecule has 19 heavy (non-hydrogen) atoms. The molecule has 0 aromatic rings. The topological polar surface area (TPSA) is 40.5 Å². The maximum absolute atomic E-state index is 12.4. The Morgan fingerprint density at radius 3 is 2.37 bits per heavy atom. The minimum Gasteiger partial charge on any atom is -0.395 e. The molecule has 0 bridgehead atoms. The lowest BCUT2D eigenvalue weighted by atomic mass is 9.84. The van der Waals surface area contributed by atoms with Gasteiger partial charge in [0, 0.05) is 19.0 Å². The molecule has 1 aliphatic carbocycles. The van der Waals surface area contributed by atoms with E-state index in [1.807, 2.05) is 4.90 Å². The van der Waals surface area contributed by atoms with Crippen molar-refractivity contribution >= 4 is 5.91 Å². The number of carbonyl (C=O) groups excluding carboxylic acids is 1. The van der Waals surface area contributed by atoms with E-state index in [4.69, 9.17) is 0 Å². The van der Waals surface area contributed by atoms with Gasteiger partial charge in [0.2, 0.25) is 5.91 Å². The molecule has 0 spiro atoms. The van der Waals surface area contributed by atoms with Gasteiger partial charge in [0.05, 0.1) is 6.61 Å². The molecule has 1 fully saturated rings. The first kappa shape index (κ1) is 16.5. The van der Waals surface area contributed by atoms with Crippen molar-refractivity contribution in [2.24, 2.45) is 11.3 Å². The number of aliphatic hydroxyl groups is 1. The van der Waals surface area contributed by atoms with Gasteiger partial charge in [0.15, 0.2) is 0 Å². The zero-order chi connectivity index (χ0) is 14.5. The van der Waals surface area contributed by atoms with Gasteiger partial charge in [-0.25, -0.2) is 0 Å². The number of nitrogens with zero attached hydrogens (tertiary/aromatic N) is 1. The Bertz CT molecular complexity index is 277. The van der Waals surface area contributed by atoms with E-state index in [0.717, 1.165) is 19.3 Å². The highest BCUT2D eigenvalue weighted by Gasteiger charge is 2.27. The molecular weight excluding hydrogens is 238 g/mol. The number of rotatable bonds is 6. The van der Waals surface area contributed by atoms with Crippen molar-refractivity contribution in [2.75, 3.05) is 13.2 Å². The molecule has 0 aliphatic heterocycles. The fraction of sp³-hybridized carbons (Fsp3) is 0.938. The number of carbonyl (C=O) groups is 1. The molecule has 0 heterocycles. The summed E-state index contributed by atoms with van der Waals surface area (Å²) in [5.74, 6) is 0.646. The summed E-state index contributed by atoms with van der Waals surface area (Å²) in [6, 6.07) is 0.376. The van der Waals surface area contributed by atoms with E-state index in [1.54, 1.807) is 0 Å².